The number of nitrogens with zero attached hydrogens (tertiary/aromatic N) is 2. The van der Waals surface area contributed by atoms with E-state index in [9.17, 15) is 0 Å². The first-order valence-electron chi connectivity index (χ1n) is 5.72. The number of hydrogen-bond acceptors (Lipinski definition) is 3. The van der Waals surface area contributed by atoms with Crippen molar-refractivity contribution in [2.24, 2.45) is 0 Å². The molecule has 0 saturated heterocycles. The number of para-hydroxylation sites is 1. The van der Waals surface area contributed by atoms with Crippen LogP contribution in [0.25, 0.3) is 0 Å². The molecule has 2 N–H and O–H groups in total. The standard InChI is InChI=1S/C13H17N3O/c1-11-5-2-3-6-13(11)17-8-4-7-16-10-12(14)9-15-16/h2-3,5-6,9-10H,4,7-8,14H2,1H3. The van der Waals surface area contributed by atoms with Crippen LogP contribution in [0.4, 0.5) is 5.69 Å². The smallest absolute Gasteiger partial charge is 0.122 e. The molecule has 2 rings (SSSR count). The summed E-state index contributed by atoms with van der Waals surface area (Å²) in [6, 6.07) is 8.02. The molecule has 0 spiro atoms. The van der Waals surface area contributed by atoms with Gasteiger partial charge in [-0.25, -0.2) is 0 Å². The predicted molar refractivity (Wildman–Crippen MR) is 67.9 cm³/mol. The summed E-state index contributed by atoms with van der Waals surface area (Å²) in [6.07, 6.45) is 4.39. The van der Waals surface area contributed by atoms with Gasteiger partial charge in [-0.05, 0) is 18.6 Å². The van der Waals surface area contributed by atoms with Crippen molar-refractivity contribution in [3.05, 3.63) is 42.2 Å². The monoisotopic (exact) mass is 231 g/mol. The van der Waals surface area contributed by atoms with Gasteiger partial charge in [0.15, 0.2) is 0 Å². The lowest BCUT2D eigenvalue weighted by Crippen LogP contribution is -2.05. The minimum atomic E-state index is 0.685. The summed E-state index contributed by atoms with van der Waals surface area (Å²) in [7, 11) is 0. The molecule has 0 unspecified atom stereocenters. The summed E-state index contributed by atoms with van der Waals surface area (Å²) in [5.74, 6) is 0.951. The maximum atomic E-state index is 5.69. The Kier molecular flexibility index (Phi) is 3.65. The fourth-order valence-electron chi connectivity index (χ4n) is 1.63. The van der Waals surface area contributed by atoms with Crippen molar-refractivity contribution in [3.8, 4) is 5.75 Å². The Morgan fingerprint density at radius 3 is 2.88 bits per heavy atom. The van der Waals surface area contributed by atoms with Crippen LogP contribution in [0, 0.1) is 6.92 Å². The number of aryl methyl sites for hydroxylation is 2. The Morgan fingerprint density at radius 2 is 2.18 bits per heavy atom. The third kappa shape index (κ3) is 3.24. The highest BCUT2D eigenvalue weighted by molar-refractivity contribution is 5.31. The van der Waals surface area contributed by atoms with Gasteiger partial charge in [-0.2, -0.15) is 5.10 Å². The number of ether oxygens (including phenoxy) is 1. The summed E-state index contributed by atoms with van der Waals surface area (Å²) in [5.41, 5.74) is 7.44. The summed E-state index contributed by atoms with van der Waals surface area (Å²) in [5, 5.41) is 4.11. The maximum Gasteiger partial charge on any atom is 0.122 e. The van der Waals surface area contributed by atoms with E-state index in [1.165, 1.54) is 0 Å². The zero-order valence-corrected chi connectivity index (χ0v) is 9.97. The second-order valence-electron chi connectivity index (χ2n) is 4.00. The normalized spacial score (nSPS) is 10.4. The van der Waals surface area contributed by atoms with E-state index in [2.05, 4.69) is 5.10 Å². The Hall–Kier alpha value is -1.97. The number of rotatable bonds is 5. The van der Waals surface area contributed by atoms with Gasteiger partial charge in [0, 0.05) is 19.2 Å². The lowest BCUT2D eigenvalue weighted by molar-refractivity contribution is 0.297. The Bertz CT molecular complexity index is 479. The molecule has 0 bridgehead atoms. The lowest BCUT2D eigenvalue weighted by atomic mass is 10.2. The average molecular weight is 231 g/mol. The first-order valence-corrected chi connectivity index (χ1v) is 5.72. The highest BCUT2D eigenvalue weighted by Crippen LogP contribution is 2.16. The second kappa shape index (κ2) is 5.39. The lowest BCUT2D eigenvalue weighted by Gasteiger charge is -2.08. The fourth-order valence-corrected chi connectivity index (χ4v) is 1.63. The number of benzene rings is 1. The molecule has 0 amide bonds. The van der Waals surface area contributed by atoms with Gasteiger partial charge in [-0.15, -0.1) is 0 Å². The molecule has 4 heteroatoms. The van der Waals surface area contributed by atoms with E-state index in [0.29, 0.717) is 12.3 Å². The Labute approximate surface area is 101 Å². The van der Waals surface area contributed by atoms with Crippen LogP contribution in [0.1, 0.15) is 12.0 Å². The zero-order chi connectivity index (χ0) is 12.1. The van der Waals surface area contributed by atoms with E-state index >= 15 is 0 Å². The van der Waals surface area contributed by atoms with E-state index in [-0.39, 0.29) is 0 Å². The largest absolute Gasteiger partial charge is 0.493 e. The molecular formula is C13H17N3O. The first-order chi connectivity index (χ1) is 8.25. The van der Waals surface area contributed by atoms with Crippen molar-refractivity contribution < 1.29 is 4.74 Å². The van der Waals surface area contributed by atoms with E-state index in [1.807, 2.05) is 42.1 Å². The predicted octanol–water partition coefficient (Wildman–Crippen LogP) is 2.24. The van der Waals surface area contributed by atoms with Gasteiger partial charge in [-0.1, -0.05) is 18.2 Å². The topological polar surface area (TPSA) is 53.1 Å². The molecule has 0 fully saturated rings. The van der Waals surface area contributed by atoms with Gasteiger partial charge in [0.1, 0.15) is 5.75 Å². The van der Waals surface area contributed by atoms with Gasteiger partial charge in [0.25, 0.3) is 0 Å². The molecule has 0 saturated carbocycles. The fraction of sp³-hybridized carbons (Fsp3) is 0.308. The summed E-state index contributed by atoms with van der Waals surface area (Å²) in [6.45, 7) is 3.55. The third-order valence-corrected chi connectivity index (χ3v) is 2.54. The number of nitrogen functional groups attached to an aromatic ring is 1. The van der Waals surface area contributed by atoms with Crippen molar-refractivity contribution in [2.75, 3.05) is 12.3 Å². The van der Waals surface area contributed by atoms with Crippen molar-refractivity contribution in [2.45, 2.75) is 19.9 Å². The highest BCUT2D eigenvalue weighted by atomic mass is 16.5. The summed E-state index contributed by atoms with van der Waals surface area (Å²) < 4.78 is 7.52. The molecule has 4 nitrogen and oxygen atoms in total. The molecule has 0 radical (unpaired) electrons. The molecule has 90 valence electrons. The molecule has 0 atom stereocenters. The van der Waals surface area contributed by atoms with Crippen LogP contribution >= 0.6 is 0 Å². The molecule has 0 aliphatic carbocycles. The van der Waals surface area contributed by atoms with Gasteiger partial charge < -0.3 is 10.5 Å². The van der Waals surface area contributed by atoms with E-state index in [0.717, 1.165) is 24.3 Å². The Balaban J connectivity index is 1.75. The quantitative estimate of drug-likeness (QED) is 0.803. The van der Waals surface area contributed by atoms with Crippen molar-refractivity contribution in [1.29, 1.82) is 0 Å². The van der Waals surface area contributed by atoms with Crippen LogP contribution in [0.2, 0.25) is 0 Å². The zero-order valence-electron chi connectivity index (χ0n) is 9.97. The molecule has 1 aromatic heterocycles. The van der Waals surface area contributed by atoms with E-state index < -0.39 is 0 Å². The van der Waals surface area contributed by atoms with E-state index in [1.54, 1.807) is 6.20 Å². The minimum absolute atomic E-state index is 0.685. The van der Waals surface area contributed by atoms with Gasteiger partial charge in [0.2, 0.25) is 0 Å². The summed E-state index contributed by atoms with van der Waals surface area (Å²) >= 11 is 0. The highest BCUT2D eigenvalue weighted by Gasteiger charge is 1.98. The molecular weight excluding hydrogens is 214 g/mol. The average Bonchev–Trinajstić information content (AvgIpc) is 2.73. The van der Waals surface area contributed by atoms with Crippen LogP contribution in [0.15, 0.2) is 36.7 Å². The SMILES string of the molecule is Cc1ccccc1OCCCn1cc(N)cn1. The number of nitrogens with two attached hydrogens (primary N) is 1. The van der Waals surface area contributed by atoms with Crippen LogP contribution in [0.5, 0.6) is 5.75 Å². The third-order valence-electron chi connectivity index (χ3n) is 2.54. The number of anilines is 1. The van der Waals surface area contributed by atoms with Crippen molar-refractivity contribution in [3.63, 3.8) is 0 Å². The van der Waals surface area contributed by atoms with E-state index in [4.69, 9.17) is 10.5 Å². The van der Waals surface area contributed by atoms with Crippen LogP contribution in [-0.2, 0) is 6.54 Å². The molecule has 1 heterocycles. The summed E-state index contributed by atoms with van der Waals surface area (Å²) in [4.78, 5) is 0. The minimum Gasteiger partial charge on any atom is -0.493 e. The van der Waals surface area contributed by atoms with Crippen LogP contribution < -0.4 is 10.5 Å². The molecule has 17 heavy (non-hydrogen) atoms. The maximum absolute atomic E-state index is 5.69. The second-order valence-corrected chi connectivity index (χ2v) is 4.00. The number of hydrogen-bond donors (Lipinski definition) is 1. The molecule has 1 aromatic carbocycles. The molecule has 0 aliphatic heterocycles. The van der Waals surface area contributed by atoms with Gasteiger partial charge in [0.05, 0.1) is 18.5 Å². The van der Waals surface area contributed by atoms with Crippen LogP contribution in [-0.4, -0.2) is 16.4 Å². The molecule has 0 aliphatic rings. The van der Waals surface area contributed by atoms with Crippen molar-refractivity contribution >= 4 is 5.69 Å². The van der Waals surface area contributed by atoms with Gasteiger partial charge >= 0.3 is 0 Å². The number of aromatic nitrogens is 2. The van der Waals surface area contributed by atoms with Crippen LogP contribution in [0.3, 0.4) is 0 Å². The van der Waals surface area contributed by atoms with Crippen molar-refractivity contribution in [1.82, 2.24) is 9.78 Å². The Morgan fingerprint density at radius 1 is 1.35 bits per heavy atom. The first kappa shape index (κ1) is 11.5. The molecule has 2 aromatic rings. The van der Waals surface area contributed by atoms with Gasteiger partial charge in [-0.3, -0.25) is 4.68 Å².